The third-order valence-corrected chi connectivity index (χ3v) is 5.09. The molecule has 0 saturated carbocycles. The minimum Gasteiger partial charge on any atom is -0.370 e. The van der Waals surface area contributed by atoms with Gasteiger partial charge in [0, 0.05) is 24.2 Å². The minimum atomic E-state index is -0.246. The molecule has 3 rings (SSSR count). The van der Waals surface area contributed by atoms with E-state index in [1.165, 1.54) is 17.7 Å². The molecule has 2 N–H and O–H groups in total. The highest BCUT2D eigenvalue weighted by molar-refractivity contribution is 5.73. The molecule has 5 nitrogen and oxygen atoms in total. The number of rotatable bonds is 5. The van der Waals surface area contributed by atoms with Gasteiger partial charge in [-0.25, -0.2) is 9.07 Å². The minimum absolute atomic E-state index is 0.203. The first-order valence-electron chi connectivity index (χ1n) is 8.75. The summed E-state index contributed by atoms with van der Waals surface area (Å²) in [6, 6.07) is 6.39. The van der Waals surface area contributed by atoms with Crippen LogP contribution >= 0.6 is 0 Å². The van der Waals surface area contributed by atoms with Gasteiger partial charge in [-0.15, -0.1) is 0 Å². The van der Waals surface area contributed by atoms with Crippen LogP contribution in [0.5, 0.6) is 0 Å². The fraction of sp³-hybridized carbons (Fsp3) is 0.474. The Labute approximate surface area is 147 Å². The van der Waals surface area contributed by atoms with Crippen molar-refractivity contribution >= 4 is 5.91 Å². The van der Waals surface area contributed by atoms with Crippen LogP contribution in [0, 0.1) is 25.6 Å². The van der Waals surface area contributed by atoms with E-state index >= 15 is 0 Å². The smallest absolute Gasteiger partial charge is 0.217 e. The summed E-state index contributed by atoms with van der Waals surface area (Å²) in [5.74, 6) is -0.0343. The van der Waals surface area contributed by atoms with E-state index in [-0.39, 0.29) is 11.7 Å². The second-order valence-corrected chi connectivity index (χ2v) is 6.93. The third kappa shape index (κ3) is 4.07. The van der Waals surface area contributed by atoms with Gasteiger partial charge in [0.05, 0.1) is 11.4 Å². The summed E-state index contributed by atoms with van der Waals surface area (Å²) in [4.78, 5) is 13.5. The lowest BCUT2D eigenvalue weighted by Crippen LogP contribution is -2.34. The van der Waals surface area contributed by atoms with Crippen molar-refractivity contribution in [2.75, 3.05) is 13.1 Å². The molecule has 0 spiro atoms. The lowest BCUT2D eigenvalue weighted by atomic mass is 9.93. The lowest BCUT2D eigenvalue weighted by molar-refractivity contribution is -0.119. The molecule has 1 amide bonds. The van der Waals surface area contributed by atoms with E-state index in [0.717, 1.165) is 49.6 Å². The number of hydrogen-bond acceptors (Lipinski definition) is 3. The van der Waals surface area contributed by atoms with Gasteiger partial charge in [0.1, 0.15) is 5.82 Å². The summed E-state index contributed by atoms with van der Waals surface area (Å²) in [6.07, 6.45) is 2.51. The number of likely N-dealkylation sites (tertiary alicyclic amines) is 1. The highest BCUT2D eigenvalue weighted by atomic mass is 19.1. The van der Waals surface area contributed by atoms with Crippen LogP contribution in [-0.2, 0) is 11.3 Å². The van der Waals surface area contributed by atoms with Gasteiger partial charge in [0.25, 0.3) is 0 Å². The number of aromatic nitrogens is 2. The fourth-order valence-electron chi connectivity index (χ4n) is 3.59. The van der Waals surface area contributed by atoms with Crippen LogP contribution in [-0.4, -0.2) is 33.7 Å². The normalized spacial score (nSPS) is 16.3. The molecule has 25 heavy (non-hydrogen) atoms. The molecular formula is C19H25FN4O. The van der Waals surface area contributed by atoms with Crippen LogP contribution < -0.4 is 5.73 Å². The number of nitrogens with zero attached hydrogens (tertiary/aromatic N) is 3. The van der Waals surface area contributed by atoms with Gasteiger partial charge < -0.3 is 5.73 Å². The zero-order valence-electron chi connectivity index (χ0n) is 14.8. The Morgan fingerprint density at radius 3 is 2.48 bits per heavy atom. The van der Waals surface area contributed by atoms with E-state index in [2.05, 4.69) is 16.9 Å². The predicted molar refractivity (Wildman–Crippen MR) is 94.8 cm³/mol. The summed E-state index contributed by atoms with van der Waals surface area (Å²) >= 11 is 0. The molecule has 1 aliphatic heterocycles. The topological polar surface area (TPSA) is 64.2 Å². The molecule has 2 aromatic rings. The van der Waals surface area contributed by atoms with E-state index in [9.17, 15) is 9.18 Å². The molecule has 0 atom stereocenters. The number of hydrogen-bond donors (Lipinski definition) is 1. The first-order valence-corrected chi connectivity index (χ1v) is 8.75. The molecule has 1 aliphatic rings. The summed E-state index contributed by atoms with van der Waals surface area (Å²) < 4.78 is 15.0. The summed E-state index contributed by atoms with van der Waals surface area (Å²) in [6.45, 7) is 6.86. The number of halogens is 1. The van der Waals surface area contributed by atoms with Crippen LogP contribution in [0.2, 0.25) is 0 Å². The molecule has 0 aliphatic carbocycles. The molecular weight excluding hydrogens is 319 g/mol. The number of nitrogens with two attached hydrogens (primary N) is 1. The van der Waals surface area contributed by atoms with E-state index in [0.29, 0.717) is 12.3 Å². The van der Waals surface area contributed by atoms with Crippen molar-refractivity contribution in [2.45, 2.75) is 39.7 Å². The second kappa shape index (κ2) is 7.35. The zero-order valence-corrected chi connectivity index (χ0v) is 14.8. The first kappa shape index (κ1) is 17.6. The van der Waals surface area contributed by atoms with Gasteiger partial charge in [-0.05, 0) is 70.0 Å². The Kier molecular flexibility index (Phi) is 5.18. The van der Waals surface area contributed by atoms with Crippen molar-refractivity contribution in [3.63, 3.8) is 0 Å². The van der Waals surface area contributed by atoms with Crippen molar-refractivity contribution in [1.29, 1.82) is 0 Å². The van der Waals surface area contributed by atoms with Crippen molar-refractivity contribution in [3.8, 4) is 5.69 Å². The maximum absolute atomic E-state index is 13.1. The molecule has 1 aromatic heterocycles. The van der Waals surface area contributed by atoms with Crippen LogP contribution in [0.1, 0.15) is 36.2 Å². The van der Waals surface area contributed by atoms with Gasteiger partial charge in [-0.1, -0.05) is 0 Å². The molecule has 134 valence electrons. The van der Waals surface area contributed by atoms with E-state index in [1.54, 1.807) is 12.1 Å². The van der Waals surface area contributed by atoms with Gasteiger partial charge in [0.15, 0.2) is 0 Å². The molecule has 0 radical (unpaired) electrons. The maximum atomic E-state index is 13.1. The molecule has 1 saturated heterocycles. The van der Waals surface area contributed by atoms with Crippen molar-refractivity contribution < 1.29 is 9.18 Å². The number of amides is 1. The Bertz CT molecular complexity index is 746. The van der Waals surface area contributed by atoms with Crippen LogP contribution in [0.4, 0.5) is 4.39 Å². The molecule has 1 aromatic carbocycles. The quantitative estimate of drug-likeness (QED) is 0.907. The van der Waals surface area contributed by atoms with Crippen molar-refractivity contribution in [2.24, 2.45) is 11.7 Å². The molecule has 0 unspecified atom stereocenters. The molecule has 2 heterocycles. The number of aryl methyl sites for hydroxylation is 1. The summed E-state index contributed by atoms with van der Waals surface area (Å²) in [5, 5.41) is 4.64. The highest BCUT2D eigenvalue weighted by Crippen LogP contribution is 2.24. The Morgan fingerprint density at radius 2 is 1.88 bits per heavy atom. The third-order valence-electron chi connectivity index (χ3n) is 5.09. The SMILES string of the molecule is Cc1nn(-c2ccc(F)cc2)c(C)c1CN1CCC(CC(N)=O)CC1. The second-order valence-electron chi connectivity index (χ2n) is 6.93. The van der Waals surface area contributed by atoms with Gasteiger partial charge in [-0.3, -0.25) is 9.69 Å². The van der Waals surface area contributed by atoms with Crippen LogP contribution in [0.3, 0.4) is 0 Å². The van der Waals surface area contributed by atoms with Gasteiger partial charge >= 0.3 is 0 Å². The standard InChI is InChI=1S/C19H25FN4O/c1-13-18(12-23-9-7-15(8-10-23)11-19(21)25)14(2)24(22-13)17-5-3-16(20)4-6-17/h3-6,15H,7-12H2,1-2H3,(H2,21,25). The van der Waals surface area contributed by atoms with Gasteiger partial charge in [0.2, 0.25) is 5.91 Å². The lowest BCUT2D eigenvalue weighted by Gasteiger charge is -2.31. The number of piperidine rings is 1. The first-order chi connectivity index (χ1) is 11.9. The summed E-state index contributed by atoms with van der Waals surface area (Å²) in [7, 11) is 0. The average molecular weight is 344 g/mol. The largest absolute Gasteiger partial charge is 0.370 e. The van der Waals surface area contributed by atoms with Crippen molar-refractivity contribution in [1.82, 2.24) is 14.7 Å². The van der Waals surface area contributed by atoms with Gasteiger partial charge in [-0.2, -0.15) is 5.10 Å². The number of benzene rings is 1. The highest BCUT2D eigenvalue weighted by Gasteiger charge is 2.23. The Balaban J connectivity index is 1.70. The van der Waals surface area contributed by atoms with E-state index in [1.807, 2.05) is 11.6 Å². The number of carbonyl (C=O) groups is 1. The fourth-order valence-corrected chi connectivity index (χ4v) is 3.59. The molecule has 0 bridgehead atoms. The van der Waals surface area contributed by atoms with Crippen LogP contribution in [0.25, 0.3) is 5.69 Å². The van der Waals surface area contributed by atoms with E-state index < -0.39 is 0 Å². The maximum Gasteiger partial charge on any atom is 0.217 e. The zero-order chi connectivity index (χ0) is 18.0. The molecule has 6 heteroatoms. The number of primary amides is 1. The van der Waals surface area contributed by atoms with Crippen LogP contribution in [0.15, 0.2) is 24.3 Å². The Hall–Kier alpha value is -2.21. The summed E-state index contributed by atoms with van der Waals surface area (Å²) in [5.41, 5.74) is 9.48. The monoisotopic (exact) mass is 344 g/mol. The predicted octanol–water partition coefficient (Wildman–Crippen LogP) is 2.72. The van der Waals surface area contributed by atoms with Crippen molar-refractivity contribution in [3.05, 3.63) is 47.0 Å². The average Bonchev–Trinajstić information content (AvgIpc) is 2.85. The molecule has 1 fully saturated rings. The van der Waals surface area contributed by atoms with E-state index in [4.69, 9.17) is 5.73 Å². The Morgan fingerprint density at radius 1 is 1.24 bits per heavy atom. The number of carbonyl (C=O) groups excluding carboxylic acids is 1.